The lowest BCUT2D eigenvalue weighted by Crippen LogP contribution is -2.48. The molecule has 2 heterocycles. The maximum atomic E-state index is 4.50. The summed E-state index contributed by atoms with van der Waals surface area (Å²) in [6.45, 7) is 11.9. The van der Waals surface area contributed by atoms with Crippen LogP contribution in [0.2, 0.25) is 0 Å². The van der Waals surface area contributed by atoms with Gasteiger partial charge in [-0.25, -0.2) is 0 Å². The molecule has 0 atom stereocenters. The molecule has 0 aliphatic carbocycles. The van der Waals surface area contributed by atoms with Crippen molar-refractivity contribution < 1.29 is 0 Å². The molecule has 1 aromatic heterocycles. The molecule has 0 bridgehead atoms. The number of piperidine rings is 1. The number of nitrogens with zero attached hydrogens (tertiary/aromatic N) is 4. The van der Waals surface area contributed by atoms with Gasteiger partial charge in [0.05, 0.1) is 5.69 Å². The number of likely N-dealkylation sites (tertiary alicyclic amines) is 1. The van der Waals surface area contributed by atoms with Crippen molar-refractivity contribution in [3.63, 3.8) is 0 Å². The molecule has 0 amide bonds. The molecule has 0 aromatic carbocycles. The third-order valence-electron chi connectivity index (χ3n) is 4.63. The van der Waals surface area contributed by atoms with Crippen LogP contribution in [0.4, 0.5) is 0 Å². The topological polar surface area (TPSA) is 57.5 Å². The van der Waals surface area contributed by atoms with Gasteiger partial charge in [0, 0.05) is 45.0 Å². The Morgan fingerprint density at radius 1 is 1.28 bits per heavy atom. The summed E-state index contributed by atoms with van der Waals surface area (Å²) in [5.74, 6) is 0.928. The number of hydrogen-bond acceptors (Lipinski definition) is 3. The Morgan fingerprint density at radius 2 is 2.00 bits per heavy atom. The average molecular weight is 462 g/mol. The highest BCUT2D eigenvalue weighted by Crippen LogP contribution is 2.10. The molecule has 1 aliphatic heterocycles. The fourth-order valence-electron chi connectivity index (χ4n) is 3.34. The summed E-state index contributed by atoms with van der Waals surface area (Å²) in [7, 11) is 1.85. The van der Waals surface area contributed by atoms with Crippen LogP contribution in [0.15, 0.2) is 11.1 Å². The number of aryl methyl sites for hydroxylation is 3. The minimum Gasteiger partial charge on any atom is -0.356 e. The Labute approximate surface area is 169 Å². The molecular weight excluding hydrogens is 427 g/mol. The van der Waals surface area contributed by atoms with Crippen LogP contribution in [0, 0.1) is 13.8 Å². The first-order chi connectivity index (χ1) is 11.6. The zero-order chi connectivity index (χ0) is 17.4. The first kappa shape index (κ1) is 22.2. The van der Waals surface area contributed by atoms with Crippen molar-refractivity contribution in [1.29, 1.82) is 0 Å². The zero-order valence-corrected chi connectivity index (χ0v) is 18.5. The van der Waals surface area contributed by atoms with E-state index in [1.165, 1.54) is 44.6 Å². The van der Waals surface area contributed by atoms with Gasteiger partial charge in [-0.15, -0.1) is 24.0 Å². The van der Waals surface area contributed by atoms with Crippen LogP contribution in [0.5, 0.6) is 0 Å². The van der Waals surface area contributed by atoms with E-state index in [-0.39, 0.29) is 24.0 Å². The number of guanidine groups is 1. The van der Waals surface area contributed by atoms with Gasteiger partial charge in [0.1, 0.15) is 0 Å². The molecule has 7 heteroatoms. The fraction of sp³-hybridized carbons (Fsp3) is 0.778. The van der Waals surface area contributed by atoms with Gasteiger partial charge in [-0.2, -0.15) is 5.10 Å². The highest BCUT2D eigenvalue weighted by molar-refractivity contribution is 14.0. The molecule has 1 fully saturated rings. The van der Waals surface area contributed by atoms with Crippen LogP contribution in [0.3, 0.4) is 0 Å². The summed E-state index contributed by atoms with van der Waals surface area (Å²) in [6.07, 6.45) is 4.69. The van der Waals surface area contributed by atoms with Crippen molar-refractivity contribution in [1.82, 2.24) is 25.3 Å². The van der Waals surface area contributed by atoms with E-state index in [1.807, 2.05) is 14.0 Å². The lowest BCUT2D eigenvalue weighted by Gasteiger charge is -2.32. The molecule has 0 spiro atoms. The van der Waals surface area contributed by atoms with Crippen molar-refractivity contribution in [2.24, 2.45) is 4.99 Å². The lowest BCUT2D eigenvalue weighted by atomic mass is 10.1. The minimum atomic E-state index is 0. The second kappa shape index (κ2) is 11.7. The summed E-state index contributed by atoms with van der Waals surface area (Å²) < 4.78 is 2.08. The lowest BCUT2D eigenvalue weighted by molar-refractivity contribution is 0.206. The van der Waals surface area contributed by atoms with E-state index in [2.05, 4.69) is 50.2 Å². The summed E-state index contributed by atoms with van der Waals surface area (Å²) >= 11 is 0. The first-order valence-electron chi connectivity index (χ1n) is 9.33. The minimum absolute atomic E-state index is 0. The van der Waals surface area contributed by atoms with Crippen LogP contribution >= 0.6 is 24.0 Å². The fourth-order valence-corrected chi connectivity index (χ4v) is 3.34. The smallest absolute Gasteiger partial charge is 0.191 e. The molecule has 2 rings (SSSR count). The average Bonchev–Trinajstić information content (AvgIpc) is 2.90. The van der Waals surface area contributed by atoms with Crippen LogP contribution in [-0.2, 0) is 6.54 Å². The number of nitrogens with one attached hydrogen (secondary N) is 2. The van der Waals surface area contributed by atoms with Crippen molar-refractivity contribution in [2.75, 3.05) is 33.2 Å². The Kier molecular flexibility index (Phi) is 10.4. The van der Waals surface area contributed by atoms with Gasteiger partial charge in [0.25, 0.3) is 0 Å². The second-order valence-corrected chi connectivity index (χ2v) is 6.76. The quantitative estimate of drug-likeness (QED) is 0.283. The van der Waals surface area contributed by atoms with E-state index < -0.39 is 0 Å². The monoisotopic (exact) mass is 462 g/mol. The molecule has 2 N–H and O–H groups in total. The van der Waals surface area contributed by atoms with Crippen molar-refractivity contribution in [3.8, 4) is 0 Å². The van der Waals surface area contributed by atoms with Gasteiger partial charge < -0.3 is 15.5 Å². The second-order valence-electron chi connectivity index (χ2n) is 6.76. The third kappa shape index (κ3) is 7.52. The van der Waals surface area contributed by atoms with Gasteiger partial charge in [-0.3, -0.25) is 9.67 Å². The zero-order valence-electron chi connectivity index (χ0n) is 16.2. The molecule has 0 saturated carbocycles. The predicted molar refractivity (Wildman–Crippen MR) is 116 cm³/mol. The summed E-state index contributed by atoms with van der Waals surface area (Å²) in [5, 5.41) is 11.5. The van der Waals surface area contributed by atoms with Crippen molar-refractivity contribution in [3.05, 3.63) is 17.5 Å². The van der Waals surface area contributed by atoms with Gasteiger partial charge in [-0.1, -0.05) is 6.92 Å². The standard InChI is InChI=1S/C18H34N6.HI/c1-5-10-23-12-7-17(8-13-23)21-18(19-4)20-9-6-11-24-16(3)14-15(2)22-24;/h14,17H,5-13H2,1-4H3,(H2,19,20,21);1H. The van der Waals surface area contributed by atoms with Crippen LogP contribution < -0.4 is 10.6 Å². The Hall–Kier alpha value is -0.830. The number of rotatable bonds is 7. The van der Waals surface area contributed by atoms with Crippen LogP contribution in [0.1, 0.15) is 44.0 Å². The normalized spacial score (nSPS) is 16.6. The van der Waals surface area contributed by atoms with Crippen molar-refractivity contribution >= 4 is 29.9 Å². The highest BCUT2D eigenvalue weighted by Gasteiger charge is 2.19. The molecule has 6 nitrogen and oxygen atoms in total. The predicted octanol–water partition coefficient (Wildman–Crippen LogP) is 2.55. The van der Waals surface area contributed by atoms with Gasteiger partial charge in [0.15, 0.2) is 5.96 Å². The van der Waals surface area contributed by atoms with E-state index in [9.17, 15) is 0 Å². The van der Waals surface area contributed by atoms with Gasteiger partial charge >= 0.3 is 0 Å². The number of aromatic nitrogens is 2. The molecule has 0 unspecified atom stereocenters. The van der Waals surface area contributed by atoms with Crippen molar-refractivity contribution in [2.45, 2.75) is 59.0 Å². The Bertz CT molecular complexity index is 520. The highest BCUT2D eigenvalue weighted by atomic mass is 127. The molecule has 25 heavy (non-hydrogen) atoms. The maximum absolute atomic E-state index is 4.50. The molecule has 0 radical (unpaired) electrons. The molecule has 1 saturated heterocycles. The SMILES string of the molecule is CCCN1CCC(NC(=NC)NCCCn2nc(C)cc2C)CC1.I. The van der Waals surface area contributed by atoms with Crippen LogP contribution in [0.25, 0.3) is 0 Å². The van der Waals surface area contributed by atoms with Crippen LogP contribution in [-0.4, -0.2) is 59.9 Å². The maximum Gasteiger partial charge on any atom is 0.191 e. The first-order valence-corrected chi connectivity index (χ1v) is 9.33. The molecule has 1 aromatic rings. The molecule has 144 valence electrons. The summed E-state index contributed by atoms with van der Waals surface area (Å²) in [6, 6.07) is 2.67. The number of hydrogen-bond donors (Lipinski definition) is 2. The van der Waals surface area contributed by atoms with E-state index in [0.717, 1.165) is 31.2 Å². The van der Waals surface area contributed by atoms with E-state index in [0.29, 0.717) is 6.04 Å². The van der Waals surface area contributed by atoms with Gasteiger partial charge in [-0.05, 0) is 52.1 Å². The Balaban J connectivity index is 0.00000312. The molecule has 1 aliphatic rings. The summed E-state index contributed by atoms with van der Waals surface area (Å²) in [5.41, 5.74) is 2.32. The van der Waals surface area contributed by atoms with E-state index >= 15 is 0 Å². The third-order valence-corrected chi connectivity index (χ3v) is 4.63. The molecular formula is C18H35IN6. The van der Waals surface area contributed by atoms with E-state index in [1.54, 1.807) is 0 Å². The largest absolute Gasteiger partial charge is 0.356 e. The summed E-state index contributed by atoms with van der Waals surface area (Å²) in [4.78, 5) is 6.92. The number of halogens is 1. The Morgan fingerprint density at radius 3 is 2.56 bits per heavy atom. The number of aliphatic imine (C=N–C) groups is 1. The van der Waals surface area contributed by atoms with Gasteiger partial charge in [0.2, 0.25) is 0 Å². The van der Waals surface area contributed by atoms with E-state index in [4.69, 9.17) is 0 Å².